The van der Waals surface area contributed by atoms with Gasteiger partial charge >= 0.3 is 0 Å². The molecule has 1 fully saturated rings. The fraction of sp³-hybridized carbons (Fsp3) is 0.643. The standard InChI is InChI=1S/C14H23N7/c1-4-15-14-18-12(10-7-16-20-13(10)19-14)17-11-5-6-21(3)8-9(11)2/h7,9,11H,4-6,8H2,1-3H3,(H3,15,16,17,18,19,20). The van der Waals surface area contributed by atoms with Gasteiger partial charge in [-0.25, -0.2) is 0 Å². The van der Waals surface area contributed by atoms with Crippen molar-refractivity contribution in [1.82, 2.24) is 25.1 Å². The van der Waals surface area contributed by atoms with Crippen LogP contribution in [0.3, 0.4) is 0 Å². The molecule has 0 aromatic carbocycles. The number of nitrogens with one attached hydrogen (secondary N) is 3. The first-order valence-corrected chi connectivity index (χ1v) is 7.57. The van der Waals surface area contributed by atoms with E-state index in [0.29, 0.717) is 17.9 Å². The fourth-order valence-corrected chi connectivity index (χ4v) is 2.93. The first kappa shape index (κ1) is 14.1. The molecule has 0 bridgehead atoms. The van der Waals surface area contributed by atoms with E-state index in [4.69, 9.17) is 0 Å². The van der Waals surface area contributed by atoms with Gasteiger partial charge in [-0.05, 0) is 32.9 Å². The molecule has 2 aromatic heterocycles. The Hall–Kier alpha value is -1.89. The van der Waals surface area contributed by atoms with E-state index in [1.807, 2.05) is 6.92 Å². The van der Waals surface area contributed by atoms with Gasteiger partial charge in [-0.3, -0.25) is 5.10 Å². The second-order valence-electron chi connectivity index (χ2n) is 5.84. The zero-order chi connectivity index (χ0) is 14.8. The predicted molar refractivity (Wildman–Crippen MR) is 84.5 cm³/mol. The van der Waals surface area contributed by atoms with E-state index in [1.54, 1.807) is 6.20 Å². The Balaban J connectivity index is 1.86. The second kappa shape index (κ2) is 5.85. The van der Waals surface area contributed by atoms with Gasteiger partial charge in [0.2, 0.25) is 5.95 Å². The highest BCUT2D eigenvalue weighted by molar-refractivity contribution is 5.87. The third-order valence-corrected chi connectivity index (χ3v) is 4.08. The van der Waals surface area contributed by atoms with Crippen molar-refractivity contribution >= 4 is 22.8 Å². The molecule has 2 unspecified atom stereocenters. The Morgan fingerprint density at radius 1 is 1.43 bits per heavy atom. The highest BCUT2D eigenvalue weighted by Crippen LogP contribution is 2.25. The summed E-state index contributed by atoms with van der Waals surface area (Å²) in [4.78, 5) is 11.4. The molecule has 1 saturated heterocycles. The van der Waals surface area contributed by atoms with Crippen LogP contribution in [0.1, 0.15) is 20.3 Å². The number of likely N-dealkylation sites (tertiary alicyclic amines) is 1. The van der Waals surface area contributed by atoms with Gasteiger partial charge in [-0.1, -0.05) is 6.92 Å². The SMILES string of the molecule is CCNc1nc(NC2CCN(C)CC2C)c2cn[nH]c2n1. The van der Waals surface area contributed by atoms with E-state index in [9.17, 15) is 0 Å². The zero-order valence-corrected chi connectivity index (χ0v) is 12.8. The molecule has 0 spiro atoms. The Kier molecular flexibility index (Phi) is 3.92. The van der Waals surface area contributed by atoms with Crippen LogP contribution in [0.15, 0.2) is 6.20 Å². The van der Waals surface area contributed by atoms with Gasteiger partial charge in [0.1, 0.15) is 5.82 Å². The molecule has 1 aliphatic heterocycles. The summed E-state index contributed by atoms with van der Waals surface area (Å²) in [6, 6.07) is 0.434. The van der Waals surface area contributed by atoms with Crippen LogP contribution in [-0.4, -0.2) is 57.8 Å². The summed E-state index contributed by atoms with van der Waals surface area (Å²) in [5, 5.41) is 14.7. The van der Waals surface area contributed by atoms with Crippen molar-refractivity contribution in [2.45, 2.75) is 26.3 Å². The van der Waals surface area contributed by atoms with Crippen LogP contribution in [0.25, 0.3) is 11.0 Å². The summed E-state index contributed by atoms with van der Waals surface area (Å²) < 4.78 is 0. The minimum Gasteiger partial charge on any atom is -0.366 e. The molecule has 2 aromatic rings. The largest absolute Gasteiger partial charge is 0.366 e. The number of anilines is 2. The maximum absolute atomic E-state index is 4.60. The average molecular weight is 289 g/mol. The number of nitrogens with zero attached hydrogens (tertiary/aromatic N) is 4. The first-order valence-electron chi connectivity index (χ1n) is 7.57. The van der Waals surface area contributed by atoms with Gasteiger partial charge in [0, 0.05) is 19.1 Å². The van der Waals surface area contributed by atoms with Gasteiger partial charge in [0.15, 0.2) is 5.65 Å². The molecule has 114 valence electrons. The third-order valence-electron chi connectivity index (χ3n) is 4.08. The van der Waals surface area contributed by atoms with Crippen LogP contribution in [0.5, 0.6) is 0 Å². The lowest BCUT2D eigenvalue weighted by Crippen LogP contribution is -2.43. The Bertz CT molecular complexity index is 608. The van der Waals surface area contributed by atoms with Crippen LogP contribution in [0.2, 0.25) is 0 Å². The highest BCUT2D eigenvalue weighted by atomic mass is 15.2. The number of aromatic amines is 1. The molecular weight excluding hydrogens is 266 g/mol. The molecule has 7 nitrogen and oxygen atoms in total. The van der Waals surface area contributed by atoms with Crippen molar-refractivity contribution in [3.8, 4) is 0 Å². The van der Waals surface area contributed by atoms with Gasteiger partial charge in [-0.15, -0.1) is 0 Å². The van der Waals surface area contributed by atoms with Gasteiger partial charge in [0.05, 0.1) is 11.6 Å². The zero-order valence-electron chi connectivity index (χ0n) is 12.8. The molecule has 1 aliphatic rings. The molecule has 0 aliphatic carbocycles. The molecule has 7 heteroatoms. The van der Waals surface area contributed by atoms with Crippen molar-refractivity contribution < 1.29 is 0 Å². The number of H-pyrrole nitrogens is 1. The smallest absolute Gasteiger partial charge is 0.226 e. The van der Waals surface area contributed by atoms with Crippen molar-refractivity contribution in [3.63, 3.8) is 0 Å². The van der Waals surface area contributed by atoms with Crippen LogP contribution in [0.4, 0.5) is 11.8 Å². The number of hydrogen-bond acceptors (Lipinski definition) is 6. The molecule has 21 heavy (non-hydrogen) atoms. The maximum atomic E-state index is 4.60. The van der Waals surface area contributed by atoms with Gasteiger partial charge < -0.3 is 15.5 Å². The van der Waals surface area contributed by atoms with E-state index in [0.717, 1.165) is 42.9 Å². The Morgan fingerprint density at radius 3 is 3.05 bits per heavy atom. The van der Waals surface area contributed by atoms with E-state index >= 15 is 0 Å². The normalized spacial score (nSPS) is 23.4. The predicted octanol–water partition coefficient (Wildman–Crippen LogP) is 1.54. The number of aromatic nitrogens is 4. The summed E-state index contributed by atoms with van der Waals surface area (Å²) >= 11 is 0. The van der Waals surface area contributed by atoms with Gasteiger partial charge in [0.25, 0.3) is 0 Å². The Morgan fingerprint density at radius 2 is 2.29 bits per heavy atom. The lowest BCUT2D eigenvalue weighted by atomic mass is 9.94. The Labute approximate surface area is 124 Å². The van der Waals surface area contributed by atoms with Crippen molar-refractivity contribution in [2.24, 2.45) is 5.92 Å². The van der Waals surface area contributed by atoms with Crippen LogP contribution in [-0.2, 0) is 0 Å². The molecule has 3 N–H and O–H groups in total. The summed E-state index contributed by atoms with van der Waals surface area (Å²) in [6.45, 7) is 7.34. The number of fused-ring (bicyclic) bond motifs is 1. The molecule has 0 amide bonds. The number of rotatable bonds is 4. The number of hydrogen-bond donors (Lipinski definition) is 3. The average Bonchev–Trinajstić information content (AvgIpc) is 2.91. The van der Waals surface area contributed by atoms with Crippen LogP contribution in [0, 0.1) is 5.92 Å². The summed E-state index contributed by atoms with van der Waals surface area (Å²) in [5.41, 5.74) is 0.768. The highest BCUT2D eigenvalue weighted by Gasteiger charge is 2.25. The van der Waals surface area contributed by atoms with E-state index in [-0.39, 0.29) is 0 Å². The summed E-state index contributed by atoms with van der Waals surface area (Å²) in [6.07, 6.45) is 2.91. The lowest BCUT2D eigenvalue weighted by molar-refractivity contribution is 0.206. The van der Waals surface area contributed by atoms with E-state index in [2.05, 4.69) is 49.7 Å². The van der Waals surface area contributed by atoms with Gasteiger partial charge in [-0.2, -0.15) is 15.1 Å². The minimum absolute atomic E-state index is 0.434. The van der Waals surface area contributed by atoms with Crippen molar-refractivity contribution in [3.05, 3.63) is 6.20 Å². The summed E-state index contributed by atoms with van der Waals surface area (Å²) in [5.74, 6) is 2.09. The molecule has 3 rings (SSSR count). The summed E-state index contributed by atoms with van der Waals surface area (Å²) in [7, 11) is 2.18. The third kappa shape index (κ3) is 2.92. The second-order valence-corrected chi connectivity index (χ2v) is 5.84. The van der Waals surface area contributed by atoms with Crippen molar-refractivity contribution in [1.29, 1.82) is 0 Å². The molecule has 0 radical (unpaired) electrons. The fourth-order valence-electron chi connectivity index (χ4n) is 2.93. The molecular formula is C14H23N7. The van der Waals surface area contributed by atoms with E-state index < -0.39 is 0 Å². The van der Waals surface area contributed by atoms with Crippen LogP contribution < -0.4 is 10.6 Å². The molecule has 0 saturated carbocycles. The van der Waals surface area contributed by atoms with E-state index in [1.165, 1.54) is 0 Å². The minimum atomic E-state index is 0.434. The monoisotopic (exact) mass is 289 g/mol. The quantitative estimate of drug-likeness (QED) is 0.792. The van der Waals surface area contributed by atoms with Crippen LogP contribution >= 0.6 is 0 Å². The van der Waals surface area contributed by atoms with Crippen molar-refractivity contribution in [2.75, 3.05) is 37.3 Å². The topological polar surface area (TPSA) is 81.8 Å². The lowest BCUT2D eigenvalue weighted by Gasteiger charge is -2.35. The maximum Gasteiger partial charge on any atom is 0.226 e. The number of piperidine rings is 1. The molecule has 3 heterocycles. The first-order chi connectivity index (χ1) is 10.2. The molecule has 2 atom stereocenters.